The fourth-order valence-corrected chi connectivity index (χ4v) is 5.62. The maximum absolute atomic E-state index is 4.16. The SMILES string of the molecule is C=C1NSc2nnc(s2)SS/C(=N/C)S1. The highest BCUT2D eigenvalue weighted by molar-refractivity contribution is 8.86. The van der Waals surface area contributed by atoms with Crippen molar-refractivity contribution < 1.29 is 0 Å². The number of thioether (sulfide) groups is 1. The number of hydrogen-bond donors (Lipinski definition) is 1. The molecule has 0 aliphatic carbocycles. The number of nitrogens with zero attached hydrogens (tertiary/aromatic N) is 3. The zero-order valence-electron chi connectivity index (χ0n) is 7.59. The first-order chi connectivity index (χ1) is 7.28. The molecule has 4 nitrogen and oxygen atoms in total. The molecule has 2 bridgehead atoms. The molecule has 1 aromatic rings. The Balaban J connectivity index is 2.18. The monoisotopic (exact) mass is 294 g/mol. The molecule has 0 atom stereocenters. The number of rotatable bonds is 0. The number of aromatic nitrogens is 2. The van der Waals surface area contributed by atoms with Crippen molar-refractivity contribution in [2.24, 2.45) is 4.99 Å². The maximum Gasteiger partial charge on any atom is 0.195 e. The highest BCUT2D eigenvalue weighted by Gasteiger charge is 2.13. The maximum atomic E-state index is 4.16. The predicted octanol–water partition coefficient (Wildman–Crippen LogP) is 3.08. The van der Waals surface area contributed by atoms with Gasteiger partial charge in [0.25, 0.3) is 0 Å². The first kappa shape index (κ1) is 11.6. The molecular formula is C6H6N4S5. The molecule has 0 saturated carbocycles. The quantitative estimate of drug-likeness (QED) is 0.583. The number of aliphatic imine (C=N–C) groups is 1. The molecule has 2 heterocycles. The summed E-state index contributed by atoms with van der Waals surface area (Å²) in [5.74, 6) is 0. The molecule has 0 fully saturated rings. The molecular weight excluding hydrogens is 288 g/mol. The smallest absolute Gasteiger partial charge is 0.195 e. The molecule has 0 radical (unpaired) electrons. The van der Waals surface area contributed by atoms with Gasteiger partial charge in [0.05, 0.1) is 5.03 Å². The molecule has 1 N–H and O–H groups in total. The molecule has 0 spiro atoms. The van der Waals surface area contributed by atoms with E-state index in [0.29, 0.717) is 0 Å². The van der Waals surface area contributed by atoms with Crippen molar-refractivity contribution in [1.29, 1.82) is 0 Å². The van der Waals surface area contributed by atoms with Gasteiger partial charge in [-0.15, -0.1) is 10.2 Å². The second kappa shape index (κ2) is 5.48. The summed E-state index contributed by atoms with van der Waals surface area (Å²) in [5, 5.41) is 8.93. The van der Waals surface area contributed by atoms with Crippen molar-refractivity contribution in [2.75, 3.05) is 7.05 Å². The lowest BCUT2D eigenvalue weighted by Gasteiger charge is -2.07. The fraction of sp³-hybridized carbons (Fsp3) is 0.167. The Bertz CT molecular complexity index is 400. The van der Waals surface area contributed by atoms with Crippen LogP contribution in [-0.2, 0) is 0 Å². The summed E-state index contributed by atoms with van der Waals surface area (Å²) in [6, 6.07) is 0. The Morgan fingerprint density at radius 3 is 2.87 bits per heavy atom. The fourth-order valence-electron chi connectivity index (χ4n) is 0.670. The van der Waals surface area contributed by atoms with Crippen LogP contribution < -0.4 is 4.72 Å². The van der Waals surface area contributed by atoms with E-state index >= 15 is 0 Å². The van der Waals surface area contributed by atoms with Gasteiger partial charge in [-0.2, -0.15) is 0 Å². The average molecular weight is 294 g/mol. The van der Waals surface area contributed by atoms with Gasteiger partial charge in [-0.3, -0.25) is 4.99 Å². The van der Waals surface area contributed by atoms with Crippen molar-refractivity contribution in [2.45, 2.75) is 8.68 Å². The Morgan fingerprint density at radius 1 is 1.27 bits per heavy atom. The molecule has 0 aromatic carbocycles. The van der Waals surface area contributed by atoms with Crippen LogP contribution in [0.25, 0.3) is 0 Å². The largest absolute Gasteiger partial charge is 0.318 e. The van der Waals surface area contributed by atoms with Crippen molar-refractivity contribution in [3.8, 4) is 0 Å². The van der Waals surface area contributed by atoms with E-state index in [2.05, 4.69) is 26.5 Å². The average Bonchev–Trinajstić information content (AvgIpc) is 2.68. The van der Waals surface area contributed by atoms with Crippen molar-refractivity contribution in [3.05, 3.63) is 11.6 Å². The highest BCUT2D eigenvalue weighted by atomic mass is 33.1. The summed E-state index contributed by atoms with van der Waals surface area (Å²) in [4.78, 5) is 4.16. The van der Waals surface area contributed by atoms with Crippen LogP contribution in [0.5, 0.6) is 0 Å². The molecule has 0 unspecified atom stereocenters. The third-order valence-corrected chi connectivity index (χ3v) is 7.13. The van der Waals surface area contributed by atoms with Gasteiger partial charge in [0.2, 0.25) is 0 Å². The second-order valence-corrected chi connectivity index (χ2v) is 7.96. The lowest BCUT2D eigenvalue weighted by molar-refractivity contribution is 0.955. The molecule has 80 valence electrons. The minimum atomic E-state index is 0.854. The van der Waals surface area contributed by atoms with Crippen LogP contribution in [0.1, 0.15) is 0 Å². The lowest BCUT2D eigenvalue weighted by atomic mass is 11.1. The Morgan fingerprint density at radius 2 is 2.07 bits per heavy atom. The lowest BCUT2D eigenvalue weighted by Crippen LogP contribution is -2.00. The Labute approximate surface area is 108 Å². The van der Waals surface area contributed by atoms with E-state index in [4.69, 9.17) is 0 Å². The first-order valence-corrected chi connectivity index (χ1v) is 8.32. The van der Waals surface area contributed by atoms with E-state index in [0.717, 1.165) is 18.1 Å². The molecule has 2 rings (SSSR count). The summed E-state index contributed by atoms with van der Waals surface area (Å²) in [7, 11) is 4.93. The molecule has 15 heavy (non-hydrogen) atoms. The first-order valence-electron chi connectivity index (χ1n) is 3.72. The number of hydrogen-bond acceptors (Lipinski definition) is 9. The van der Waals surface area contributed by atoms with Crippen LogP contribution in [0.15, 0.2) is 25.3 Å². The molecule has 1 aliphatic rings. The molecule has 0 saturated heterocycles. The van der Waals surface area contributed by atoms with Gasteiger partial charge in [0, 0.05) is 19.0 Å². The van der Waals surface area contributed by atoms with Crippen LogP contribution in [0.3, 0.4) is 0 Å². The van der Waals surface area contributed by atoms with Crippen LogP contribution in [-0.4, -0.2) is 21.6 Å². The summed E-state index contributed by atoms with van der Waals surface area (Å²) < 4.78 is 5.90. The van der Waals surface area contributed by atoms with E-state index < -0.39 is 0 Å². The van der Waals surface area contributed by atoms with Crippen molar-refractivity contribution in [3.63, 3.8) is 0 Å². The third-order valence-electron chi connectivity index (χ3n) is 1.22. The van der Waals surface area contributed by atoms with Crippen LogP contribution >= 0.6 is 56.6 Å². The summed E-state index contributed by atoms with van der Waals surface area (Å²) in [5.41, 5.74) is 0. The standard InChI is InChI=1S/C6H6N4S5/c1-3-10-13-5-8-9-6(12-5)15-14-4(7-2)11-3/h10H,1H2,2H3/b7-4+. The van der Waals surface area contributed by atoms with Gasteiger partial charge >= 0.3 is 0 Å². The van der Waals surface area contributed by atoms with Gasteiger partial charge in [-0.1, -0.05) is 17.9 Å². The summed E-state index contributed by atoms with van der Waals surface area (Å²) in [6.07, 6.45) is 0. The summed E-state index contributed by atoms with van der Waals surface area (Å²) in [6.45, 7) is 3.89. The third kappa shape index (κ3) is 3.31. The van der Waals surface area contributed by atoms with E-state index in [9.17, 15) is 0 Å². The number of fused-ring (bicyclic) bond motifs is 2. The van der Waals surface area contributed by atoms with Gasteiger partial charge in [-0.25, -0.2) is 0 Å². The topological polar surface area (TPSA) is 50.2 Å². The Hall–Kier alpha value is 0.170. The number of nitrogens with one attached hydrogen (secondary N) is 1. The molecule has 1 aliphatic heterocycles. The minimum absolute atomic E-state index is 0.854. The van der Waals surface area contributed by atoms with Crippen LogP contribution in [0.2, 0.25) is 0 Å². The zero-order chi connectivity index (χ0) is 10.7. The van der Waals surface area contributed by atoms with E-state index in [1.54, 1.807) is 40.0 Å². The second-order valence-electron chi connectivity index (χ2n) is 2.22. The normalized spacial score (nSPS) is 20.1. The molecule has 9 heteroatoms. The van der Waals surface area contributed by atoms with Gasteiger partial charge in [0.1, 0.15) is 4.38 Å². The van der Waals surface area contributed by atoms with Gasteiger partial charge in [0.15, 0.2) is 8.68 Å². The molecule has 1 aromatic heterocycles. The highest BCUT2D eigenvalue weighted by Crippen LogP contribution is 2.41. The van der Waals surface area contributed by atoms with E-state index in [1.807, 2.05) is 0 Å². The zero-order valence-corrected chi connectivity index (χ0v) is 11.7. The summed E-state index contributed by atoms with van der Waals surface area (Å²) >= 11 is 4.51. The van der Waals surface area contributed by atoms with E-state index in [1.165, 1.54) is 23.7 Å². The van der Waals surface area contributed by atoms with Crippen molar-refractivity contribution in [1.82, 2.24) is 14.9 Å². The van der Waals surface area contributed by atoms with Crippen LogP contribution in [0, 0.1) is 0 Å². The van der Waals surface area contributed by atoms with Crippen molar-refractivity contribution >= 4 is 61.0 Å². The van der Waals surface area contributed by atoms with E-state index in [-0.39, 0.29) is 0 Å². The molecule has 0 amide bonds. The van der Waals surface area contributed by atoms with Crippen LogP contribution in [0.4, 0.5) is 0 Å². The van der Waals surface area contributed by atoms with Gasteiger partial charge < -0.3 is 4.72 Å². The minimum Gasteiger partial charge on any atom is -0.318 e. The Kier molecular flexibility index (Phi) is 4.26. The predicted molar refractivity (Wildman–Crippen MR) is 72.4 cm³/mol. The van der Waals surface area contributed by atoms with Gasteiger partial charge in [-0.05, 0) is 33.3 Å².